The minimum absolute atomic E-state index is 0.00612. The SMILES string of the molecule is CCC(N)C(c1ccc(Cl)s1)N1CCOCC1(C)C. The smallest absolute Gasteiger partial charge is 0.0931 e. The number of thiophene rings is 1. The lowest BCUT2D eigenvalue weighted by molar-refractivity contribution is -0.0770. The van der Waals surface area contributed by atoms with E-state index in [4.69, 9.17) is 22.1 Å². The van der Waals surface area contributed by atoms with E-state index in [9.17, 15) is 0 Å². The maximum Gasteiger partial charge on any atom is 0.0931 e. The highest BCUT2D eigenvalue weighted by atomic mass is 35.5. The zero-order valence-electron chi connectivity index (χ0n) is 11.9. The summed E-state index contributed by atoms with van der Waals surface area (Å²) in [5.74, 6) is 0. The first-order valence-electron chi connectivity index (χ1n) is 6.81. The van der Waals surface area contributed by atoms with Crippen LogP contribution in [0.5, 0.6) is 0 Å². The van der Waals surface area contributed by atoms with Crippen molar-refractivity contribution in [2.45, 2.75) is 44.8 Å². The first-order valence-corrected chi connectivity index (χ1v) is 8.00. The topological polar surface area (TPSA) is 38.5 Å². The Morgan fingerprint density at radius 1 is 1.53 bits per heavy atom. The van der Waals surface area contributed by atoms with Crippen LogP contribution < -0.4 is 5.73 Å². The van der Waals surface area contributed by atoms with Crippen molar-refractivity contribution in [1.82, 2.24) is 4.90 Å². The van der Waals surface area contributed by atoms with Crippen LogP contribution in [0.2, 0.25) is 4.34 Å². The molecule has 0 saturated carbocycles. The number of halogens is 1. The number of nitrogens with zero attached hydrogens (tertiary/aromatic N) is 1. The molecule has 0 aliphatic carbocycles. The molecule has 0 spiro atoms. The Kier molecular flexibility index (Phi) is 4.90. The Labute approximate surface area is 124 Å². The van der Waals surface area contributed by atoms with Crippen molar-refractivity contribution in [2.75, 3.05) is 19.8 Å². The van der Waals surface area contributed by atoms with Crippen molar-refractivity contribution >= 4 is 22.9 Å². The molecule has 5 heteroatoms. The van der Waals surface area contributed by atoms with Gasteiger partial charge in [-0.1, -0.05) is 18.5 Å². The summed E-state index contributed by atoms with van der Waals surface area (Å²) in [6, 6.07) is 4.41. The first kappa shape index (κ1) is 15.3. The van der Waals surface area contributed by atoms with E-state index in [0.717, 1.165) is 30.5 Å². The molecule has 1 aliphatic heterocycles. The van der Waals surface area contributed by atoms with Gasteiger partial charge in [-0.05, 0) is 32.4 Å². The quantitative estimate of drug-likeness (QED) is 0.927. The zero-order valence-corrected chi connectivity index (χ0v) is 13.4. The molecular weight excluding hydrogens is 280 g/mol. The highest BCUT2D eigenvalue weighted by Crippen LogP contribution is 2.37. The molecule has 1 fully saturated rings. The molecule has 2 heterocycles. The molecule has 1 saturated heterocycles. The average Bonchev–Trinajstić information content (AvgIpc) is 2.77. The van der Waals surface area contributed by atoms with Gasteiger partial charge in [-0.2, -0.15) is 0 Å². The second kappa shape index (κ2) is 6.10. The summed E-state index contributed by atoms with van der Waals surface area (Å²) >= 11 is 7.73. The largest absolute Gasteiger partial charge is 0.378 e. The minimum Gasteiger partial charge on any atom is -0.378 e. The number of hydrogen-bond donors (Lipinski definition) is 1. The third-order valence-electron chi connectivity index (χ3n) is 3.81. The molecule has 1 aromatic heterocycles. The molecule has 19 heavy (non-hydrogen) atoms. The molecule has 0 amide bonds. The molecule has 2 unspecified atom stereocenters. The van der Waals surface area contributed by atoms with E-state index in [0.29, 0.717) is 0 Å². The molecule has 0 radical (unpaired) electrons. The number of rotatable bonds is 4. The Morgan fingerprint density at radius 2 is 2.26 bits per heavy atom. The highest BCUT2D eigenvalue weighted by Gasteiger charge is 2.38. The Morgan fingerprint density at radius 3 is 2.79 bits per heavy atom. The van der Waals surface area contributed by atoms with E-state index in [-0.39, 0.29) is 17.6 Å². The molecule has 2 N–H and O–H groups in total. The maximum absolute atomic E-state index is 6.39. The van der Waals surface area contributed by atoms with Crippen LogP contribution in [0.3, 0.4) is 0 Å². The van der Waals surface area contributed by atoms with Crippen LogP contribution in [0.4, 0.5) is 0 Å². The Balaban J connectivity index is 2.32. The fourth-order valence-corrected chi connectivity index (χ4v) is 3.94. The van der Waals surface area contributed by atoms with E-state index in [2.05, 4.69) is 31.7 Å². The van der Waals surface area contributed by atoms with Crippen LogP contribution in [0, 0.1) is 0 Å². The summed E-state index contributed by atoms with van der Waals surface area (Å²) in [6.45, 7) is 9.02. The molecule has 2 rings (SSSR count). The number of ether oxygens (including phenoxy) is 1. The first-order chi connectivity index (χ1) is 8.95. The van der Waals surface area contributed by atoms with E-state index < -0.39 is 0 Å². The summed E-state index contributed by atoms with van der Waals surface area (Å²) in [4.78, 5) is 3.74. The highest BCUT2D eigenvalue weighted by molar-refractivity contribution is 7.16. The van der Waals surface area contributed by atoms with Gasteiger partial charge in [0.2, 0.25) is 0 Å². The van der Waals surface area contributed by atoms with Gasteiger partial charge in [-0.3, -0.25) is 4.90 Å². The third kappa shape index (κ3) is 3.31. The zero-order chi connectivity index (χ0) is 14.0. The van der Waals surface area contributed by atoms with E-state index in [1.165, 1.54) is 4.88 Å². The lowest BCUT2D eigenvalue weighted by atomic mass is 9.94. The predicted molar refractivity (Wildman–Crippen MR) is 81.9 cm³/mol. The fraction of sp³-hybridized carbons (Fsp3) is 0.714. The summed E-state index contributed by atoms with van der Waals surface area (Å²) in [5, 5.41) is 0. The molecular formula is C14H23ClN2OS. The van der Waals surface area contributed by atoms with Gasteiger partial charge in [0.15, 0.2) is 0 Å². The summed E-state index contributed by atoms with van der Waals surface area (Å²) in [6.07, 6.45) is 0.952. The Bertz CT molecular complexity index is 421. The molecule has 108 valence electrons. The standard InChI is InChI=1S/C14H23ClN2OS/c1-4-10(16)13(11-5-6-12(15)19-11)17-7-8-18-9-14(17,2)3/h5-6,10,13H,4,7-9,16H2,1-3H3. The predicted octanol–water partition coefficient (Wildman–Crippen LogP) is 3.29. The molecule has 2 atom stereocenters. The number of nitrogens with two attached hydrogens (primary N) is 1. The van der Waals surface area contributed by atoms with Gasteiger partial charge in [0, 0.05) is 23.0 Å². The molecule has 0 aromatic carbocycles. The monoisotopic (exact) mass is 302 g/mol. The van der Waals surface area contributed by atoms with Crippen LogP contribution in [0.15, 0.2) is 12.1 Å². The van der Waals surface area contributed by atoms with Crippen LogP contribution in [-0.2, 0) is 4.74 Å². The van der Waals surface area contributed by atoms with Gasteiger partial charge >= 0.3 is 0 Å². The summed E-state index contributed by atoms with van der Waals surface area (Å²) in [7, 11) is 0. The van der Waals surface area contributed by atoms with Crippen LogP contribution >= 0.6 is 22.9 Å². The van der Waals surface area contributed by atoms with Crippen molar-refractivity contribution in [3.8, 4) is 0 Å². The van der Waals surface area contributed by atoms with Crippen molar-refractivity contribution in [1.29, 1.82) is 0 Å². The third-order valence-corrected chi connectivity index (χ3v) is 5.11. The second-order valence-electron chi connectivity index (χ2n) is 5.72. The van der Waals surface area contributed by atoms with Crippen molar-refractivity contribution in [2.24, 2.45) is 5.73 Å². The normalized spacial score (nSPS) is 23.2. The van der Waals surface area contributed by atoms with Gasteiger partial charge in [-0.15, -0.1) is 11.3 Å². The van der Waals surface area contributed by atoms with Crippen molar-refractivity contribution in [3.63, 3.8) is 0 Å². The van der Waals surface area contributed by atoms with E-state index in [1.807, 2.05) is 6.07 Å². The lowest BCUT2D eigenvalue weighted by Gasteiger charge is -2.48. The van der Waals surface area contributed by atoms with Gasteiger partial charge in [0.25, 0.3) is 0 Å². The van der Waals surface area contributed by atoms with E-state index >= 15 is 0 Å². The lowest BCUT2D eigenvalue weighted by Crippen LogP contribution is -2.57. The maximum atomic E-state index is 6.39. The van der Waals surface area contributed by atoms with Crippen molar-refractivity contribution in [3.05, 3.63) is 21.3 Å². The fourth-order valence-electron chi connectivity index (χ4n) is 2.69. The van der Waals surface area contributed by atoms with Crippen molar-refractivity contribution < 1.29 is 4.74 Å². The van der Waals surface area contributed by atoms with Gasteiger partial charge < -0.3 is 10.5 Å². The molecule has 3 nitrogen and oxygen atoms in total. The van der Waals surface area contributed by atoms with E-state index in [1.54, 1.807) is 11.3 Å². The summed E-state index contributed by atoms with van der Waals surface area (Å²) < 4.78 is 6.44. The van der Waals surface area contributed by atoms with Gasteiger partial charge in [0.1, 0.15) is 0 Å². The second-order valence-corrected chi connectivity index (χ2v) is 7.46. The van der Waals surface area contributed by atoms with Crippen LogP contribution in [-0.4, -0.2) is 36.2 Å². The number of hydrogen-bond acceptors (Lipinski definition) is 4. The Hall–Kier alpha value is -0.130. The van der Waals surface area contributed by atoms with Crippen LogP contribution in [0.1, 0.15) is 38.1 Å². The van der Waals surface area contributed by atoms with Gasteiger partial charge in [-0.25, -0.2) is 0 Å². The molecule has 0 bridgehead atoms. The molecule has 1 aliphatic rings. The molecule has 1 aromatic rings. The minimum atomic E-state index is 0.00612. The number of morpholine rings is 1. The van der Waals surface area contributed by atoms with Gasteiger partial charge in [0.05, 0.1) is 23.6 Å². The average molecular weight is 303 g/mol. The van der Waals surface area contributed by atoms with Crippen LogP contribution in [0.25, 0.3) is 0 Å². The summed E-state index contributed by atoms with van der Waals surface area (Å²) in [5.41, 5.74) is 6.40.